The molecule has 0 aliphatic heterocycles. The fourth-order valence-corrected chi connectivity index (χ4v) is 2.75. The van der Waals surface area contributed by atoms with Crippen molar-refractivity contribution in [1.82, 2.24) is 0 Å². The summed E-state index contributed by atoms with van der Waals surface area (Å²) in [5, 5.41) is 1.88. The predicted molar refractivity (Wildman–Crippen MR) is 59.5 cm³/mol. The fourth-order valence-electron chi connectivity index (χ4n) is 1.82. The summed E-state index contributed by atoms with van der Waals surface area (Å²) in [4.78, 5) is 24.2. The molecule has 1 aliphatic rings. The zero-order valence-corrected chi connectivity index (χ0v) is 8.51. The molecule has 15 heavy (non-hydrogen) atoms. The van der Waals surface area contributed by atoms with Gasteiger partial charge in [-0.05, 0) is 23.6 Å². The molecule has 3 heteroatoms. The number of ketones is 1. The van der Waals surface area contributed by atoms with Crippen LogP contribution in [0.2, 0.25) is 0 Å². The van der Waals surface area contributed by atoms with E-state index in [1.165, 1.54) is 23.5 Å². The van der Waals surface area contributed by atoms with Crippen LogP contribution in [0.4, 0.5) is 0 Å². The van der Waals surface area contributed by atoms with Crippen LogP contribution in [-0.4, -0.2) is 5.78 Å². The van der Waals surface area contributed by atoms with Gasteiger partial charge in [-0.25, -0.2) is 0 Å². The number of carbonyl (C=O) groups is 1. The van der Waals surface area contributed by atoms with Gasteiger partial charge >= 0.3 is 0 Å². The average Bonchev–Trinajstić information content (AvgIpc) is 2.70. The molecule has 0 spiro atoms. The molecule has 1 aromatic heterocycles. The lowest BCUT2D eigenvalue weighted by Crippen LogP contribution is -1.92. The van der Waals surface area contributed by atoms with Crippen molar-refractivity contribution in [2.45, 2.75) is 0 Å². The second-order valence-electron chi connectivity index (χ2n) is 3.39. The maximum absolute atomic E-state index is 11.9. The first-order valence-electron chi connectivity index (χ1n) is 4.54. The minimum absolute atomic E-state index is 0.0249. The van der Waals surface area contributed by atoms with Gasteiger partial charge in [0.25, 0.3) is 0 Å². The minimum atomic E-state index is -0.0645. The molecule has 0 bridgehead atoms. The minimum Gasteiger partial charge on any atom is -0.290 e. The van der Waals surface area contributed by atoms with Crippen molar-refractivity contribution in [3.8, 4) is 10.4 Å². The standard InChI is InChI=1S/C12H6O2S/c13-7-2-1-3-8-10(6-7)12-9(11(8)14)4-5-15-12/h1-6H. The van der Waals surface area contributed by atoms with E-state index in [-0.39, 0.29) is 11.2 Å². The zero-order valence-electron chi connectivity index (χ0n) is 7.69. The lowest BCUT2D eigenvalue weighted by atomic mass is 10.2. The van der Waals surface area contributed by atoms with E-state index in [9.17, 15) is 9.59 Å². The maximum atomic E-state index is 11.9. The molecule has 1 aliphatic carbocycles. The van der Waals surface area contributed by atoms with Crippen LogP contribution in [-0.2, 0) is 0 Å². The van der Waals surface area contributed by atoms with Crippen molar-refractivity contribution in [3.63, 3.8) is 0 Å². The quantitative estimate of drug-likeness (QED) is 0.575. The van der Waals surface area contributed by atoms with E-state index in [1.807, 2.05) is 11.4 Å². The largest absolute Gasteiger partial charge is 0.290 e. The van der Waals surface area contributed by atoms with Gasteiger partial charge in [0.05, 0.1) is 0 Å². The van der Waals surface area contributed by atoms with Crippen LogP contribution in [0, 0.1) is 0 Å². The molecular weight excluding hydrogens is 208 g/mol. The summed E-state index contributed by atoms with van der Waals surface area (Å²) < 4.78 is 0. The first-order valence-corrected chi connectivity index (χ1v) is 5.42. The summed E-state index contributed by atoms with van der Waals surface area (Å²) in [5.41, 5.74) is 2.07. The van der Waals surface area contributed by atoms with Crippen molar-refractivity contribution in [2.75, 3.05) is 0 Å². The molecule has 2 nitrogen and oxygen atoms in total. The van der Waals surface area contributed by atoms with E-state index in [4.69, 9.17) is 0 Å². The van der Waals surface area contributed by atoms with Gasteiger partial charge in [-0.2, -0.15) is 0 Å². The third kappa shape index (κ3) is 1.10. The van der Waals surface area contributed by atoms with Gasteiger partial charge in [-0.1, -0.05) is 12.1 Å². The highest BCUT2D eigenvalue weighted by atomic mass is 32.1. The van der Waals surface area contributed by atoms with Crippen LogP contribution in [0.3, 0.4) is 0 Å². The zero-order chi connectivity index (χ0) is 10.4. The molecule has 72 valence electrons. The first-order chi connectivity index (χ1) is 7.27. The van der Waals surface area contributed by atoms with E-state index in [1.54, 1.807) is 12.1 Å². The number of rotatable bonds is 0. The summed E-state index contributed by atoms with van der Waals surface area (Å²) in [6, 6.07) is 8.17. The van der Waals surface area contributed by atoms with Crippen LogP contribution in [0.25, 0.3) is 10.4 Å². The van der Waals surface area contributed by atoms with E-state index < -0.39 is 0 Å². The van der Waals surface area contributed by atoms with E-state index in [0.717, 1.165) is 16.0 Å². The molecule has 0 saturated carbocycles. The molecular formula is C12H6O2S. The van der Waals surface area contributed by atoms with Crippen molar-refractivity contribution in [2.24, 2.45) is 0 Å². The first kappa shape index (κ1) is 8.56. The molecule has 0 unspecified atom stereocenters. The highest BCUT2D eigenvalue weighted by Gasteiger charge is 2.26. The fraction of sp³-hybridized carbons (Fsp3) is 0. The molecule has 0 N–H and O–H groups in total. The van der Waals surface area contributed by atoms with Gasteiger partial charge in [0, 0.05) is 21.6 Å². The van der Waals surface area contributed by atoms with Crippen LogP contribution < -0.4 is 5.43 Å². The molecule has 1 heterocycles. The van der Waals surface area contributed by atoms with Crippen LogP contribution in [0.5, 0.6) is 0 Å². The van der Waals surface area contributed by atoms with Crippen LogP contribution >= 0.6 is 11.3 Å². The number of hydrogen-bond donors (Lipinski definition) is 0. The maximum Gasteiger partial charge on any atom is 0.195 e. The molecule has 0 amide bonds. The monoisotopic (exact) mass is 214 g/mol. The number of fused-ring (bicyclic) bond motifs is 3. The third-order valence-corrected chi connectivity index (χ3v) is 3.45. The molecule has 0 atom stereocenters. The third-order valence-electron chi connectivity index (χ3n) is 2.50. The van der Waals surface area contributed by atoms with Gasteiger partial charge in [-0.3, -0.25) is 9.59 Å². The molecule has 3 rings (SSSR count). The molecule has 0 fully saturated rings. The van der Waals surface area contributed by atoms with Crippen LogP contribution in [0.1, 0.15) is 15.9 Å². The topological polar surface area (TPSA) is 34.1 Å². The summed E-state index contributed by atoms with van der Waals surface area (Å²) in [5.74, 6) is 0.0249. The highest BCUT2D eigenvalue weighted by molar-refractivity contribution is 7.14. The van der Waals surface area contributed by atoms with Gasteiger partial charge in [0.2, 0.25) is 0 Å². The molecule has 0 saturated heterocycles. The van der Waals surface area contributed by atoms with Gasteiger partial charge in [0.15, 0.2) is 11.2 Å². The average molecular weight is 214 g/mol. The summed E-state index contributed by atoms with van der Waals surface area (Å²) >= 11 is 1.50. The summed E-state index contributed by atoms with van der Waals surface area (Å²) in [7, 11) is 0. The molecule has 0 radical (unpaired) electrons. The van der Waals surface area contributed by atoms with Crippen LogP contribution in [0.15, 0.2) is 40.5 Å². The second kappa shape index (κ2) is 2.87. The number of thiophene rings is 1. The van der Waals surface area contributed by atoms with E-state index in [2.05, 4.69) is 0 Å². The Morgan fingerprint density at radius 1 is 0.933 bits per heavy atom. The molecule has 2 aromatic rings. The Balaban J connectivity index is 2.48. The highest BCUT2D eigenvalue weighted by Crippen LogP contribution is 2.38. The Bertz CT molecular complexity index is 626. The number of carbonyl (C=O) groups excluding carboxylic acids is 1. The molecule has 1 aromatic carbocycles. The SMILES string of the molecule is O=C1c2cccc(=O)cc2-c2sccc21. The van der Waals surface area contributed by atoms with E-state index in [0.29, 0.717) is 5.56 Å². The summed E-state index contributed by atoms with van der Waals surface area (Å²) in [6.07, 6.45) is 0. The Hall–Kier alpha value is -1.74. The Morgan fingerprint density at radius 3 is 2.67 bits per heavy atom. The Kier molecular flexibility index (Phi) is 1.64. The Labute approximate surface area is 89.8 Å². The van der Waals surface area contributed by atoms with E-state index >= 15 is 0 Å². The van der Waals surface area contributed by atoms with Crippen molar-refractivity contribution < 1.29 is 4.79 Å². The summed E-state index contributed by atoms with van der Waals surface area (Å²) in [6.45, 7) is 0. The Morgan fingerprint density at radius 2 is 1.80 bits per heavy atom. The number of hydrogen-bond acceptors (Lipinski definition) is 3. The van der Waals surface area contributed by atoms with Gasteiger partial charge < -0.3 is 0 Å². The predicted octanol–water partition coefficient (Wildman–Crippen LogP) is 2.32. The van der Waals surface area contributed by atoms with Gasteiger partial charge in [0.1, 0.15) is 0 Å². The van der Waals surface area contributed by atoms with Crippen molar-refractivity contribution >= 4 is 17.1 Å². The normalized spacial score (nSPS) is 12.4. The smallest absolute Gasteiger partial charge is 0.195 e. The van der Waals surface area contributed by atoms with Gasteiger partial charge in [-0.15, -0.1) is 11.3 Å². The lowest BCUT2D eigenvalue weighted by Gasteiger charge is -1.88. The lowest BCUT2D eigenvalue weighted by molar-refractivity contribution is 0.104. The van der Waals surface area contributed by atoms with Crippen molar-refractivity contribution in [1.29, 1.82) is 0 Å². The second-order valence-corrected chi connectivity index (χ2v) is 4.31. The van der Waals surface area contributed by atoms with Crippen molar-refractivity contribution in [3.05, 3.63) is 57.1 Å².